The second kappa shape index (κ2) is 5.39. The van der Waals surface area contributed by atoms with Crippen LogP contribution >= 0.6 is 0 Å². The van der Waals surface area contributed by atoms with Crippen molar-refractivity contribution in [1.29, 1.82) is 0 Å². The monoisotopic (exact) mass is 278 g/mol. The summed E-state index contributed by atoms with van der Waals surface area (Å²) in [7, 11) is 0. The lowest BCUT2D eigenvalue weighted by atomic mass is 10.1. The van der Waals surface area contributed by atoms with E-state index in [2.05, 4.69) is 60.4 Å². The summed E-state index contributed by atoms with van der Waals surface area (Å²) in [5.41, 5.74) is 2.32. The first kappa shape index (κ1) is 12.7. The number of hydrogen-bond acceptors (Lipinski definition) is 0. The fourth-order valence-electron chi connectivity index (χ4n) is 2.80. The molecule has 1 aliphatic rings. The van der Waals surface area contributed by atoms with E-state index in [0.717, 1.165) is 10.8 Å². The summed E-state index contributed by atoms with van der Waals surface area (Å²) in [5.74, 6) is 6.30. The third-order valence-corrected chi connectivity index (χ3v) is 3.87. The molecule has 0 saturated heterocycles. The average Bonchev–Trinajstić information content (AvgIpc) is 2.93. The standard InChI is InChI=1S/C22H14/c1-2-7-17(8-3-1)9-6-10-18-13-14-22-20(15-18)16-19-11-4-5-12-21(19)22/h1-5,7-8,10-16H. The normalized spacial score (nSPS) is 11.9. The van der Waals surface area contributed by atoms with Gasteiger partial charge in [0.05, 0.1) is 0 Å². The van der Waals surface area contributed by atoms with Gasteiger partial charge in [-0.1, -0.05) is 66.4 Å². The number of rotatable bonds is 0. The van der Waals surface area contributed by atoms with Crippen LogP contribution < -0.4 is 10.4 Å². The molecule has 0 unspecified atom stereocenters. The van der Waals surface area contributed by atoms with E-state index in [1.165, 1.54) is 21.2 Å². The third-order valence-electron chi connectivity index (χ3n) is 3.87. The van der Waals surface area contributed by atoms with Gasteiger partial charge in [0.1, 0.15) is 0 Å². The zero-order valence-electron chi connectivity index (χ0n) is 12.1. The Morgan fingerprint density at radius 1 is 0.727 bits per heavy atom. The van der Waals surface area contributed by atoms with Crippen molar-refractivity contribution in [2.75, 3.05) is 0 Å². The lowest BCUT2D eigenvalue weighted by molar-refractivity contribution is 1.46. The predicted molar refractivity (Wildman–Crippen MR) is 91.2 cm³/mol. The minimum atomic E-state index is 1.04. The molecule has 0 amide bonds. The van der Waals surface area contributed by atoms with Crippen molar-refractivity contribution in [3.8, 4) is 11.8 Å². The summed E-state index contributed by atoms with van der Waals surface area (Å²) < 4.78 is 0. The molecule has 0 saturated carbocycles. The Morgan fingerprint density at radius 2 is 1.55 bits per heavy atom. The Bertz CT molecular complexity index is 1110. The van der Waals surface area contributed by atoms with Gasteiger partial charge < -0.3 is 0 Å². The van der Waals surface area contributed by atoms with Crippen molar-refractivity contribution >= 4 is 12.2 Å². The highest BCUT2D eigenvalue weighted by Gasteiger charge is 2.00. The van der Waals surface area contributed by atoms with Crippen molar-refractivity contribution in [2.24, 2.45) is 0 Å². The molecule has 0 nitrogen and oxygen atoms in total. The van der Waals surface area contributed by atoms with Gasteiger partial charge in [-0.2, -0.15) is 0 Å². The third kappa shape index (κ3) is 2.34. The Balaban J connectivity index is 1.78. The molecule has 0 heteroatoms. The molecular formula is C22H14. The Hall–Kier alpha value is -3.04. The van der Waals surface area contributed by atoms with Gasteiger partial charge in [0.25, 0.3) is 0 Å². The molecule has 0 heterocycles. The molecule has 0 spiro atoms. The second-order valence-electron chi connectivity index (χ2n) is 5.36. The van der Waals surface area contributed by atoms with E-state index in [-0.39, 0.29) is 0 Å². The molecule has 3 aromatic carbocycles. The zero-order chi connectivity index (χ0) is 14.8. The average molecular weight is 278 g/mol. The van der Waals surface area contributed by atoms with Gasteiger partial charge in [0.2, 0.25) is 0 Å². The van der Waals surface area contributed by atoms with E-state index in [9.17, 15) is 0 Å². The van der Waals surface area contributed by atoms with Gasteiger partial charge in [0.15, 0.2) is 0 Å². The number of fused-ring (bicyclic) bond motifs is 2. The summed E-state index contributed by atoms with van der Waals surface area (Å²) in [6.07, 6.45) is 4.22. The van der Waals surface area contributed by atoms with Crippen LogP contribution in [0.5, 0.6) is 0 Å². The van der Waals surface area contributed by atoms with Crippen LogP contribution in [0.4, 0.5) is 0 Å². The smallest absolute Gasteiger partial charge is 0.0248 e. The Labute approximate surface area is 129 Å². The quantitative estimate of drug-likeness (QED) is 0.434. The van der Waals surface area contributed by atoms with Crippen molar-refractivity contribution < 1.29 is 0 Å². The van der Waals surface area contributed by atoms with E-state index >= 15 is 0 Å². The zero-order valence-corrected chi connectivity index (χ0v) is 12.1. The molecular weight excluding hydrogens is 264 g/mol. The molecule has 22 heavy (non-hydrogen) atoms. The van der Waals surface area contributed by atoms with Crippen molar-refractivity contribution in [3.05, 3.63) is 105 Å². The predicted octanol–water partition coefficient (Wildman–Crippen LogP) is 2.95. The minimum Gasteiger partial charge on any atom is -0.0690 e. The minimum absolute atomic E-state index is 1.04. The van der Waals surface area contributed by atoms with Crippen molar-refractivity contribution in [3.63, 3.8) is 0 Å². The van der Waals surface area contributed by atoms with Crippen LogP contribution in [0.2, 0.25) is 0 Å². The molecule has 1 aliphatic carbocycles. The lowest BCUT2D eigenvalue weighted by Crippen LogP contribution is -1.98. The van der Waals surface area contributed by atoms with Gasteiger partial charge in [0, 0.05) is 5.56 Å². The van der Waals surface area contributed by atoms with Crippen molar-refractivity contribution in [2.45, 2.75) is 0 Å². The van der Waals surface area contributed by atoms with Gasteiger partial charge in [-0.25, -0.2) is 0 Å². The summed E-state index contributed by atoms with van der Waals surface area (Å²) in [6, 6.07) is 25.1. The van der Waals surface area contributed by atoms with E-state index in [4.69, 9.17) is 0 Å². The van der Waals surface area contributed by atoms with Crippen LogP contribution in [0.25, 0.3) is 12.2 Å². The molecule has 0 radical (unpaired) electrons. The van der Waals surface area contributed by atoms with E-state index in [1.807, 2.05) is 36.4 Å². The summed E-state index contributed by atoms with van der Waals surface area (Å²) in [4.78, 5) is 0. The maximum absolute atomic E-state index is 3.16. The second-order valence-corrected chi connectivity index (χ2v) is 5.36. The van der Waals surface area contributed by atoms with Crippen LogP contribution in [0.1, 0.15) is 11.1 Å². The largest absolute Gasteiger partial charge is 0.0690 e. The highest BCUT2D eigenvalue weighted by molar-refractivity contribution is 5.58. The summed E-state index contributed by atoms with van der Waals surface area (Å²) in [6.45, 7) is 0. The van der Waals surface area contributed by atoms with Crippen LogP contribution in [0.3, 0.4) is 0 Å². The first-order valence-electron chi connectivity index (χ1n) is 7.38. The summed E-state index contributed by atoms with van der Waals surface area (Å²) in [5, 5.41) is 5.07. The molecule has 3 aromatic rings. The molecule has 0 aliphatic heterocycles. The van der Waals surface area contributed by atoms with Gasteiger partial charge in [-0.15, -0.1) is 0 Å². The lowest BCUT2D eigenvalue weighted by Gasteiger charge is -1.91. The Kier molecular flexibility index (Phi) is 3.11. The number of hydrogen-bond donors (Lipinski definition) is 0. The highest BCUT2D eigenvalue weighted by Crippen LogP contribution is 2.06. The molecule has 102 valence electrons. The van der Waals surface area contributed by atoms with E-state index in [1.54, 1.807) is 0 Å². The fourth-order valence-corrected chi connectivity index (χ4v) is 2.80. The molecule has 0 aromatic heterocycles. The van der Waals surface area contributed by atoms with Crippen LogP contribution in [0.15, 0.2) is 72.8 Å². The molecule has 0 fully saturated rings. The first-order valence-corrected chi connectivity index (χ1v) is 7.38. The van der Waals surface area contributed by atoms with Crippen LogP contribution in [0, 0.1) is 22.3 Å². The van der Waals surface area contributed by atoms with Gasteiger partial charge in [-0.05, 0) is 56.8 Å². The topological polar surface area (TPSA) is 0 Å². The molecule has 4 rings (SSSR count). The van der Waals surface area contributed by atoms with Gasteiger partial charge >= 0.3 is 0 Å². The van der Waals surface area contributed by atoms with Crippen LogP contribution in [-0.4, -0.2) is 0 Å². The first-order chi connectivity index (χ1) is 10.9. The van der Waals surface area contributed by atoms with Crippen LogP contribution in [-0.2, 0) is 0 Å². The van der Waals surface area contributed by atoms with Gasteiger partial charge in [-0.3, -0.25) is 0 Å². The van der Waals surface area contributed by atoms with E-state index < -0.39 is 0 Å². The maximum atomic E-state index is 3.16. The number of benzene rings is 3. The molecule has 0 atom stereocenters. The Morgan fingerprint density at radius 3 is 2.45 bits per heavy atom. The molecule has 0 N–H and O–H groups in total. The SMILES string of the molecule is C(#Cc1ccccc1)C=c1ccc2c(c1)C=c1ccccc1=2. The highest BCUT2D eigenvalue weighted by atomic mass is 14.0. The molecule has 0 bridgehead atoms. The fraction of sp³-hybridized carbons (Fsp3) is 0. The maximum Gasteiger partial charge on any atom is 0.0248 e. The van der Waals surface area contributed by atoms with E-state index in [0.29, 0.717) is 0 Å². The summed E-state index contributed by atoms with van der Waals surface area (Å²) >= 11 is 0. The van der Waals surface area contributed by atoms with Crippen molar-refractivity contribution in [1.82, 2.24) is 0 Å².